The van der Waals surface area contributed by atoms with Gasteiger partial charge in [-0.3, -0.25) is 0 Å². The van der Waals surface area contributed by atoms with E-state index in [4.69, 9.17) is 0 Å². The zero-order valence-electron chi connectivity index (χ0n) is 12.3. The highest BCUT2D eigenvalue weighted by Gasteiger charge is 2.02. The highest BCUT2D eigenvalue weighted by Crippen LogP contribution is 2.10. The Bertz CT molecular complexity index is 554. The Morgan fingerprint density at radius 2 is 1.86 bits per heavy atom. The zero-order valence-corrected chi connectivity index (χ0v) is 13.1. The molecule has 0 aliphatic heterocycles. The molecule has 112 valence electrons. The molecule has 0 unspecified atom stereocenters. The molecular weight excluding hydrogens is 282 g/mol. The lowest BCUT2D eigenvalue weighted by molar-refractivity contribution is 0.241. The molecule has 5 heteroatoms. The molecule has 0 aliphatic carbocycles. The molecule has 2 rings (SSSR count). The van der Waals surface area contributed by atoms with E-state index in [2.05, 4.69) is 40.1 Å². The van der Waals surface area contributed by atoms with Gasteiger partial charge < -0.3 is 10.6 Å². The fourth-order valence-corrected chi connectivity index (χ4v) is 2.74. The number of hydrogen-bond acceptors (Lipinski definition) is 3. The van der Waals surface area contributed by atoms with Gasteiger partial charge in [0.05, 0.1) is 10.7 Å². The van der Waals surface area contributed by atoms with E-state index in [1.807, 2.05) is 18.2 Å². The van der Waals surface area contributed by atoms with Crippen molar-refractivity contribution >= 4 is 17.4 Å². The van der Waals surface area contributed by atoms with Crippen molar-refractivity contribution in [3.63, 3.8) is 0 Å². The van der Waals surface area contributed by atoms with Crippen LogP contribution in [0, 0.1) is 0 Å². The number of aromatic nitrogens is 1. The van der Waals surface area contributed by atoms with Crippen molar-refractivity contribution < 1.29 is 4.79 Å². The summed E-state index contributed by atoms with van der Waals surface area (Å²) in [5, 5.41) is 8.94. The van der Waals surface area contributed by atoms with Gasteiger partial charge in [0.25, 0.3) is 0 Å². The maximum absolute atomic E-state index is 11.6. The minimum atomic E-state index is -0.114. The van der Waals surface area contributed by atoms with Crippen LogP contribution in [-0.2, 0) is 19.3 Å². The fraction of sp³-hybridized carbons (Fsp3) is 0.375. The molecular formula is C16H21N3OS. The van der Waals surface area contributed by atoms with Crippen LogP contribution in [0.5, 0.6) is 0 Å². The molecule has 2 aromatic rings. The van der Waals surface area contributed by atoms with Crippen molar-refractivity contribution in [2.75, 3.05) is 13.1 Å². The topological polar surface area (TPSA) is 54.0 Å². The quantitative estimate of drug-likeness (QED) is 0.826. The smallest absolute Gasteiger partial charge is 0.314 e. The van der Waals surface area contributed by atoms with Crippen molar-refractivity contribution in [3.8, 4) is 0 Å². The number of rotatable bonds is 7. The van der Waals surface area contributed by atoms with E-state index < -0.39 is 0 Å². The van der Waals surface area contributed by atoms with Gasteiger partial charge in [-0.15, -0.1) is 11.3 Å². The third kappa shape index (κ3) is 5.55. The summed E-state index contributed by atoms with van der Waals surface area (Å²) in [6.07, 6.45) is 2.60. The van der Waals surface area contributed by atoms with Crippen molar-refractivity contribution in [1.82, 2.24) is 15.6 Å². The van der Waals surface area contributed by atoms with Gasteiger partial charge in [0.2, 0.25) is 0 Å². The van der Waals surface area contributed by atoms with E-state index in [1.165, 1.54) is 5.56 Å². The predicted octanol–water partition coefficient (Wildman–Crippen LogP) is 2.79. The fourth-order valence-electron chi connectivity index (χ4n) is 1.96. The third-order valence-electron chi connectivity index (χ3n) is 3.11. The summed E-state index contributed by atoms with van der Waals surface area (Å²) in [5.74, 6) is 0. The monoisotopic (exact) mass is 303 g/mol. The van der Waals surface area contributed by atoms with E-state index >= 15 is 0 Å². The summed E-state index contributed by atoms with van der Waals surface area (Å²) < 4.78 is 0. The molecule has 1 aromatic heterocycles. The first kappa shape index (κ1) is 15.5. The predicted molar refractivity (Wildman–Crippen MR) is 86.7 cm³/mol. The number of aryl methyl sites for hydroxylation is 1. The van der Waals surface area contributed by atoms with E-state index in [9.17, 15) is 4.79 Å². The van der Waals surface area contributed by atoms with Crippen LogP contribution < -0.4 is 10.6 Å². The molecule has 0 bridgehead atoms. The van der Waals surface area contributed by atoms with Crippen LogP contribution >= 0.6 is 11.3 Å². The first-order valence-corrected chi connectivity index (χ1v) is 8.15. The zero-order chi connectivity index (χ0) is 14.9. The summed E-state index contributed by atoms with van der Waals surface area (Å²) in [7, 11) is 0. The third-order valence-corrected chi connectivity index (χ3v) is 4.15. The molecule has 0 saturated heterocycles. The molecule has 1 aromatic carbocycles. The van der Waals surface area contributed by atoms with Crippen LogP contribution in [0.2, 0.25) is 0 Å². The SMILES string of the molecule is CCc1nc(CCNC(=O)NCCc2ccccc2)cs1. The van der Waals surface area contributed by atoms with Gasteiger partial charge in [-0.1, -0.05) is 37.3 Å². The number of hydrogen-bond donors (Lipinski definition) is 2. The van der Waals surface area contributed by atoms with Gasteiger partial charge in [-0.25, -0.2) is 9.78 Å². The van der Waals surface area contributed by atoms with Crippen LogP contribution in [0.3, 0.4) is 0 Å². The van der Waals surface area contributed by atoms with Gasteiger partial charge in [0, 0.05) is 24.9 Å². The molecule has 0 radical (unpaired) electrons. The van der Waals surface area contributed by atoms with Crippen LogP contribution in [0.1, 0.15) is 23.2 Å². The Morgan fingerprint density at radius 1 is 1.14 bits per heavy atom. The van der Waals surface area contributed by atoms with Crippen molar-refractivity contribution in [3.05, 3.63) is 52.0 Å². The lowest BCUT2D eigenvalue weighted by atomic mass is 10.1. The van der Waals surface area contributed by atoms with E-state index in [0.29, 0.717) is 13.1 Å². The van der Waals surface area contributed by atoms with Crippen LogP contribution in [-0.4, -0.2) is 24.1 Å². The highest BCUT2D eigenvalue weighted by molar-refractivity contribution is 7.09. The maximum Gasteiger partial charge on any atom is 0.314 e. The van der Waals surface area contributed by atoms with E-state index in [-0.39, 0.29) is 6.03 Å². The number of urea groups is 1. The second kappa shape index (κ2) is 8.42. The Kier molecular flexibility index (Phi) is 6.22. The molecule has 0 atom stereocenters. The largest absolute Gasteiger partial charge is 0.338 e. The minimum Gasteiger partial charge on any atom is -0.338 e. The Morgan fingerprint density at radius 3 is 2.52 bits per heavy atom. The van der Waals surface area contributed by atoms with Gasteiger partial charge in [0.1, 0.15) is 0 Å². The average molecular weight is 303 g/mol. The molecule has 0 aliphatic rings. The summed E-state index contributed by atoms with van der Waals surface area (Å²) in [4.78, 5) is 16.1. The first-order chi connectivity index (χ1) is 10.3. The molecule has 0 fully saturated rings. The van der Waals surface area contributed by atoms with Crippen molar-refractivity contribution in [2.45, 2.75) is 26.2 Å². The lowest BCUT2D eigenvalue weighted by Gasteiger charge is -2.07. The summed E-state index contributed by atoms with van der Waals surface area (Å²) in [6, 6.07) is 10.0. The molecule has 2 amide bonds. The van der Waals surface area contributed by atoms with Crippen molar-refractivity contribution in [1.29, 1.82) is 0 Å². The number of thiazole rings is 1. The van der Waals surface area contributed by atoms with Gasteiger partial charge >= 0.3 is 6.03 Å². The number of amides is 2. The number of nitrogens with one attached hydrogen (secondary N) is 2. The average Bonchev–Trinajstić information content (AvgIpc) is 2.96. The van der Waals surface area contributed by atoms with Crippen LogP contribution in [0.4, 0.5) is 4.79 Å². The summed E-state index contributed by atoms with van der Waals surface area (Å²) in [5.41, 5.74) is 2.29. The van der Waals surface area contributed by atoms with E-state index in [1.54, 1.807) is 11.3 Å². The maximum atomic E-state index is 11.6. The number of carbonyl (C=O) groups excluding carboxylic acids is 1. The molecule has 2 N–H and O–H groups in total. The Hall–Kier alpha value is -1.88. The minimum absolute atomic E-state index is 0.114. The molecule has 4 nitrogen and oxygen atoms in total. The lowest BCUT2D eigenvalue weighted by Crippen LogP contribution is -2.37. The van der Waals surface area contributed by atoms with Crippen LogP contribution in [0.25, 0.3) is 0 Å². The second-order valence-corrected chi connectivity index (χ2v) is 5.70. The second-order valence-electron chi connectivity index (χ2n) is 4.75. The highest BCUT2D eigenvalue weighted by atomic mass is 32.1. The number of benzene rings is 1. The standard InChI is InChI=1S/C16H21N3OS/c1-2-15-19-14(12-21-15)9-11-18-16(20)17-10-8-13-6-4-3-5-7-13/h3-7,12H,2,8-11H2,1H3,(H2,17,18,20). The summed E-state index contributed by atoms with van der Waals surface area (Å²) in [6.45, 7) is 3.36. The summed E-state index contributed by atoms with van der Waals surface area (Å²) >= 11 is 1.68. The number of carbonyl (C=O) groups is 1. The molecule has 21 heavy (non-hydrogen) atoms. The number of nitrogens with zero attached hydrogens (tertiary/aromatic N) is 1. The van der Waals surface area contributed by atoms with Crippen molar-refractivity contribution in [2.24, 2.45) is 0 Å². The Balaban J connectivity index is 1.59. The van der Waals surface area contributed by atoms with Crippen LogP contribution in [0.15, 0.2) is 35.7 Å². The van der Waals surface area contributed by atoms with Gasteiger partial charge in [-0.2, -0.15) is 0 Å². The molecule has 0 spiro atoms. The van der Waals surface area contributed by atoms with E-state index in [0.717, 1.165) is 30.0 Å². The van der Waals surface area contributed by atoms with Gasteiger partial charge in [-0.05, 0) is 18.4 Å². The Labute approximate surface area is 129 Å². The molecule has 1 heterocycles. The molecule has 0 saturated carbocycles. The first-order valence-electron chi connectivity index (χ1n) is 7.27. The normalized spacial score (nSPS) is 10.3. The van der Waals surface area contributed by atoms with Gasteiger partial charge in [0.15, 0.2) is 0 Å².